The molecule has 2 aromatic carbocycles. The molecule has 0 unspecified atom stereocenters. The lowest BCUT2D eigenvalue weighted by atomic mass is 10.1. The van der Waals surface area contributed by atoms with E-state index in [0.717, 1.165) is 36.4 Å². The smallest absolute Gasteiger partial charge is 0.280 e. The number of nitrogens with zero attached hydrogens (tertiary/aromatic N) is 3. The average Bonchev–Trinajstić information content (AvgIpc) is 3.02. The topological polar surface area (TPSA) is 35.9 Å². The molecular formula is C23H25Cl2N3O. The van der Waals surface area contributed by atoms with Crippen LogP contribution in [-0.4, -0.2) is 36.5 Å². The molecule has 2 aromatic rings. The number of rotatable bonds is 8. The van der Waals surface area contributed by atoms with Crippen LogP contribution >= 0.6 is 23.2 Å². The van der Waals surface area contributed by atoms with Crippen molar-refractivity contribution in [3.05, 3.63) is 65.2 Å². The molecule has 0 bridgehead atoms. The first-order valence-corrected chi connectivity index (χ1v) is 10.8. The molecule has 0 aromatic heterocycles. The van der Waals surface area contributed by atoms with Gasteiger partial charge in [-0.25, -0.2) is 0 Å². The molecule has 0 fully saturated rings. The molecule has 4 nitrogen and oxygen atoms in total. The molecule has 6 heteroatoms. The third-order valence-corrected chi connectivity index (χ3v) is 5.27. The molecule has 152 valence electrons. The fourth-order valence-electron chi connectivity index (χ4n) is 3.25. The summed E-state index contributed by atoms with van der Waals surface area (Å²) in [5.74, 6) is 0.978. The van der Waals surface area contributed by atoms with Crippen LogP contribution < -0.4 is 9.91 Å². The zero-order valence-corrected chi connectivity index (χ0v) is 18.2. The Balaban J connectivity index is 1.79. The third-order valence-electron chi connectivity index (χ3n) is 4.93. The maximum Gasteiger partial charge on any atom is 0.280 e. The minimum atomic E-state index is -0.110. The number of hydrogen-bond donors (Lipinski definition) is 0. The van der Waals surface area contributed by atoms with Crippen molar-refractivity contribution in [1.82, 2.24) is 0 Å². The van der Waals surface area contributed by atoms with E-state index in [-0.39, 0.29) is 5.91 Å². The molecule has 1 aliphatic heterocycles. The Labute approximate surface area is 182 Å². The molecule has 1 aliphatic rings. The molecule has 0 N–H and O–H groups in total. The second-order valence-electron chi connectivity index (χ2n) is 6.84. The summed E-state index contributed by atoms with van der Waals surface area (Å²) in [4.78, 5) is 15.1. The second kappa shape index (κ2) is 9.95. The monoisotopic (exact) mass is 429 g/mol. The summed E-state index contributed by atoms with van der Waals surface area (Å²) in [7, 11) is 0. The number of hydrogen-bond acceptors (Lipinski definition) is 3. The minimum absolute atomic E-state index is 0.110. The number of halogens is 2. The van der Waals surface area contributed by atoms with Gasteiger partial charge in [0.1, 0.15) is 0 Å². The SMILES string of the molecule is CCc1ccc(N2N=C(C)/C(=C/c3ccc(N(CCCl)CCCl)cc3)C2=O)cc1. The van der Waals surface area contributed by atoms with E-state index in [9.17, 15) is 4.79 Å². The van der Waals surface area contributed by atoms with E-state index in [1.165, 1.54) is 10.6 Å². The van der Waals surface area contributed by atoms with Crippen LogP contribution in [-0.2, 0) is 11.2 Å². The summed E-state index contributed by atoms with van der Waals surface area (Å²) < 4.78 is 0. The maximum absolute atomic E-state index is 12.9. The number of alkyl halides is 2. The van der Waals surface area contributed by atoms with Gasteiger partial charge in [0.25, 0.3) is 5.91 Å². The van der Waals surface area contributed by atoms with E-state index < -0.39 is 0 Å². The number of benzene rings is 2. The van der Waals surface area contributed by atoms with E-state index in [1.54, 1.807) is 0 Å². The summed E-state index contributed by atoms with van der Waals surface area (Å²) in [6, 6.07) is 16.0. The van der Waals surface area contributed by atoms with Gasteiger partial charge < -0.3 is 4.90 Å². The Kier molecular flexibility index (Phi) is 7.34. The highest BCUT2D eigenvalue weighted by Crippen LogP contribution is 2.26. The largest absolute Gasteiger partial charge is 0.369 e. The third kappa shape index (κ3) is 5.01. The first-order chi connectivity index (χ1) is 14.1. The summed E-state index contributed by atoms with van der Waals surface area (Å²) in [6.45, 7) is 5.45. The Morgan fingerprint density at radius 3 is 2.17 bits per heavy atom. The molecule has 29 heavy (non-hydrogen) atoms. The van der Waals surface area contributed by atoms with E-state index in [2.05, 4.69) is 16.9 Å². The molecular weight excluding hydrogens is 405 g/mol. The van der Waals surface area contributed by atoms with Crippen LogP contribution in [0.25, 0.3) is 6.08 Å². The molecule has 0 saturated heterocycles. The molecule has 0 radical (unpaired) electrons. The highest BCUT2D eigenvalue weighted by atomic mass is 35.5. The molecule has 0 saturated carbocycles. The van der Waals surface area contributed by atoms with Crippen LogP contribution in [0.5, 0.6) is 0 Å². The van der Waals surface area contributed by atoms with Gasteiger partial charge in [0.2, 0.25) is 0 Å². The van der Waals surface area contributed by atoms with Crippen LogP contribution in [0.15, 0.2) is 59.2 Å². The van der Waals surface area contributed by atoms with Crippen molar-refractivity contribution in [2.24, 2.45) is 5.10 Å². The van der Waals surface area contributed by atoms with Crippen LogP contribution in [0.4, 0.5) is 11.4 Å². The lowest BCUT2D eigenvalue weighted by Gasteiger charge is -2.22. The highest BCUT2D eigenvalue weighted by molar-refractivity contribution is 6.32. The molecule has 0 spiro atoms. The zero-order valence-electron chi connectivity index (χ0n) is 16.7. The number of anilines is 2. The highest BCUT2D eigenvalue weighted by Gasteiger charge is 2.28. The first kappa shape index (κ1) is 21.4. The van der Waals surface area contributed by atoms with Gasteiger partial charge in [0.05, 0.1) is 17.0 Å². The van der Waals surface area contributed by atoms with Crippen molar-refractivity contribution in [3.8, 4) is 0 Å². The number of amides is 1. The molecule has 0 atom stereocenters. The van der Waals surface area contributed by atoms with Crippen molar-refractivity contribution in [3.63, 3.8) is 0 Å². The van der Waals surface area contributed by atoms with Crippen molar-refractivity contribution < 1.29 is 4.79 Å². The Morgan fingerprint density at radius 2 is 1.62 bits per heavy atom. The molecule has 1 heterocycles. The predicted molar refractivity (Wildman–Crippen MR) is 124 cm³/mol. The van der Waals surface area contributed by atoms with E-state index >= 15 is 0 Å². The van der Waals surface area contributed by atoms with Gasteiger partial charge in [0, 0.05) is 30.5 Å². The second-order valence-corrected chi connectivity index (χ2v) is 7.59. The van der Waals surface area contributed by atoms with Gasteiger partial charge in [-0.3, -0.25) is 4.79 Å². The fraction of sp³-hybridized carbons (Fsp3) is 0.304. The van der Waals surface area contributed by atoms with Gasteiger partial charge in [-0.05, 0) is 54.8 Å². The first-order valence-electron chi connectivity index (χ1n) is 9.75. The van der Waals surface area contributed by atoms with Gasteiger partial charge in [-0.1, -0.05) is 31.2 Å². The average molecular weight is 430 g/mol. The van der Waals surface area contributed by atoms with Gasteiger partial charge in [-0.2, -0.15) is 10.1 Å². The van der Waals surface area contributed by atoms with E-state index in [4.69, 9.17) is 23.2 Å². The number of aryl methyl sites for hydroxylation is 1. The Bertz CT molecular complexity index is 899. The normalized spacial score (nSPS) is 15.2. The van der Waals surface area contributed by atoms with Crippen molar-refractivity contribution in [2.75, 3.05) is 34.8 Å². The van der Waals surface area contributed by atoms with E-state index in [0.29, 0.717) is 23.0 Å². The van der Waals surface area contributed by atoms with Crippen LogP contribution in [0, 0.1) is 0 Å². The van der Waals surface area contributed by atoms with Crippen molar-refractivity contribution in [2.45, 2.75) is 20.3 Å². The van der Waals surface area contributed by atoms with Gasteiger partial charge in [-0.15, -0.1) is 23.2 Å². The van der Waals surface area contributed by atoms with Gasteiger partial charge >= 0.3 is 0 Å². The molecule has 0 aliphatic carbocycles. The number of hydrazone groups is 1. The predicted octanol–water partition coefficient (Wildman–Crippen LogP) is 5.34. The summed E-state index contributed by atoms with van der Waals surface area (Å²) in [5, 5.41) is 5.93. The van der Waals surface area contributed by atoms with Crippen LogP contribution in [0.1, 0.15) is 25.0 Å². The fourth-order valence-corrected chi connectivity index (χ4v) is 3.66. The number of carbonyl (C=O) groups excluding carboxylic acids is 1. The lowest BCUT2D eigenvalue weighted by Crippen LogP contribution is -2.27. The Morgan fingerprint density at radius 1 is 1.00 bits per heavy atom. The van der Waals surface area contributed by atoms with Crippen molar-refractivity contribution in [1.29, 1.82) is 0 Å². The summed E-state index contributed by atoms with van der Waals surface area (Å²) in [5.41, 5.74) is 5.35. The van der Waals surface area contributed by atoms with E-state index in [1.807, 2.05) is 61.5 Å². The zero-order chi connectivity index (χ0) is 20.8. The maximum atomic E-state index is 12.9. The standard InChI is InChI=1S/C23H25Cl2N3O/c1-3-18-4-10-21(11-5-18)28-23(29)22(17(2)26-28)16-19-6-8-20(9-7-19)27(14-12-24)15-13-25/h4-11,16H,3,12-15H2,1-2H3/b22-16-. The quantitative estimate of drug-likeness (QED) is 0.419. The molecule has 3 rings (SSSR count). The molecule has 1 amide bonds. The van der Waals surface area contributed by atoms with Crippen LogP contribution in [0.3, 0.4) is 0 Å². The summed E-state index contributed by atoms with van der Waals surface area (Å²) in [6.07, 6.45) is 2.85. The number of carbonyl (C=O) groups is 1. The lowest BCUT2D eigenvalue weighted by molar-refractivity contribution is -0.114. The summed E-state index contributed by atoms with van der Waals surface area (Å²) >= 11 is 11.8. The van der Waals surface area contributed by atoms with Crippen molar-refractivity contribution >= 4 is 52.3 Å². The Hall–Kier alpha value is -2.30. The van der Waals surface area contributed by atoms with Crippen LogP contribution in [0.2, 0.25) is 0 Å². The van der Waals surface area contributed by atoms with Gasteiger partial charge in [0.15, 0.2) is 0 Å². The minimum Gasteiger partial charge on any atom is -0.369 e.